The molecule has 2 N–H and O–H groups in total. The third kappa shape index (κ3) is 55.7. The maximum Gasteiger partial charge on any atom is 0.472 e. The third-order valence-corrected chi connectivity index (χ3v) is 14.0. The molecule has 0 aromatic carbocycles. The third-order valence-electron chi connectivity index (χ3n) is 13.1. The summed E-state index contributed by atoms with van der Waals surface area (Å²) in [5, 5.41) is 9.82. The van der Waals surface area contributed by atoms with Crippen LogP contribution in [-0.4, -0.2) is 66.5 Å². The quantitative estimate of drug-likeness (QED) is 0.0197. The zero-order valence-corrected chi connectivity index (χ0v) is 49.6. The Morgan fingerprint density at radius 3 is 1.08 bits per heavy atom. The van der Waals surface area contributed by atoms with E-state index in [0.717, 1.165) is 109 Å². The number of hydrogen-bond donors (Lipinski definition) is 2. The second kappa shape index (κ2) is 58.1. The van der Waals surface area contributed by atoms with Gasteiger partial charge in [-0.2, -0.15) is 0 Å². The van der Waals surface area contributed by atoms with E-state index in [2.05, 4.69) is 93.7 Å². The van der Waals surface area contributed by atoms with Crippen molar-refractivity contribution in [2.75, 3.05) is 26.4 Å². The normalized spacial score (nSPS) is 13.8. The van der Waals surface area contributed by atoms with Gasteiger partial charge in [-0.1, -0.05) is 222 Å². The van der Waals surface area contributed by atoms with Gasteiger partial charge in [0.05, 0.1) is 19.8 Å². The van der Waals surface area contributed by atoms with Gasteiger partial charge in [-0.3, -0.25) is 23.4 Å². The van der Waals surface area contributed by atoms with Crippen molar-refractivity contribution in [2.45, 2.75) is 290 Å². The molecule has 11 nitrogen and oxygen atoms in total. The number of phosphoric ester groups is 1. The Morgan fingerprint density at radius 1 is 0.382 bits per heavy atom. The Labute approximate surface area is 465 Å². The molecule has 0 aromatic heterocycles. The second-order valence-electron chi connectivity index (χ2n) is 20.5. The maximum absolute atomic E-state index is 12.9. The summed E-state index contributed by atoms with van der Waals surface area (Å²) in [6, 6.07) is 0. The lowest BCUT2D eigenvalue weighted by atomic mass is 10.1. The van der Waals surface area contributed by atoms with Crippen molar-refractivity contribution in [1.29, 1.82) is 0 Å². The van der Waals surface area contributed by atoms with E-state index in [9.17, 15) is 28.9 Å². The molecular formula is C64H113O11P. The van der Waals surface area contributed by atoms with Gasteiger partial charge in [0.25, 0.3) is 0 Å². The average molecular weight is 1090 g/mol. The summed E-state index contributed by atoms with van der Waals surface area (Å²) in [6.45, 7) is 4.50. The molecule has 0 saturated heterocycles. The number of carbonyl (C=O) groups excluding carboxylic acids is 3. The van der Waals surface area contributed by atoms with Gasteiger partial charge in [-0.25, -0.2) is 4.57 Å². The van der Waals surface area contributed by atoms with Crippen molar-refractivity contribution in [2.24, 2.45) is 0 Å². The number of hydrogen-bond acceptors (Lipinski definition) is 10. The Balaban J connectivity index is 4.75. The topological polar surface area (TPSA) is 155 Å². The van der Waals surface area contributed by atoms with Crippen LogP contribution in [0.15, 0.2) is 72.9 Å². The van der Waals surface area contributed by atoms with E-state index < -0.39 is 57.8 Å². The largest absolute Gasteiger partial charge is 0.472 e. The standard InChI is InChI=1S/C64H113O11P/c1-4-7-10-13-16-19-22-25-27-29-30-32-33-36-38-41-44-47-50-53-62(66)71-57-61(75-64(68)55-52-49-46-43-40-37-34-31-28-26-23-20-17-14-11-8-5-2)59-73-76(69,70)72-58-60(56-65)74-63(67)54-51-48-45-42-39-35-24-21-18-15-12-9-6-3/h8,11,17,20-21,24-28,34,37,60-61,65H,4-7,9-10,12-16,18-19,22-23,29-33,35-36,38-59H2,1-3H3,(H,69,70)/b11-8-,20-17-,24-21-,27-25-,28-26-,37-34-. The first-order chi connectivity index (χ1) is 37.2. The van der Waals surface area contributed by atoms with Gasteiger partial charge in [0.15, 0.2) is 6.10 Å². The Kier molecular flexibility index (Phi) is 55.7. The summed E-state index contributed by atoms with van der Waals surface area (Å²) >= 11 is 0. The van der Waals surface area contributed by atoms with Gasteiger partial charge in [0.1, 0.15) is 12.7 Å². The number of esters is 3. The average Bonchev–Trinajstić information content (AvgIpc) is 3.41. The molecule has 0 fully saturated rings. The molecule has 0 aliphatic carbocycles. The molecule has 3 unspecified atom stereocenters. The lowest BCUT2D eigenvalue weighted by molar-refractivity contribution is -0.161. The molecule has 0 heterocycles. The van der Waals surface area contributed by atoms with Gasteiger partial charge in [-0.15, -0.1) is 0 Å². The number of allylic oxidation sites excluding steroid dienone is 12. The molecule has 0 spiro atoms. The van der Waals surface area contributed by atoms with Crippen LogP contribution in [0.3, 0.4) is 0 Å². The van der Waals surface area contributed by atoms with Crippen LogP contribution in [0.5, 0.6) is 0 Å². The van der Waals surface area contributed by atoms with Gasteiger partial charge in [0, 0.05) is 19.3 Å². The monoisotopic (exact) mass is 1090 g/mol. The van der Waals surface area contributed by atoms with E-state index in [-0.39, 0.29) is 25.9 Å². The fraction of sp³-hybridized carbons (Fsp3) is 0.766. The molecular weight excluding hydrogens is 976 g/mol. The highest BCUT2D eigenvalue weighted by molar-refractivity contribution is 7.47. The number of phosphoric acid groups is 1. The number of unbranched alkanes of at least 4 members (excludes halogenated alkanes) is 28. The molecule has 0 saturated carbocycles. The molecule has 0 rings (SSSR count). The highest BCUT2D eigenvalue weighted by Gasteiger charge is 2.28. The minimum Gasteiger partial charge on any atom is -0.462 e. The first-order valence-corrected chi connectivity index (χ1v) is 32.3. The minimum atomic E-state index is -4.76. The van der Waals surface area contributed by atoms with E-state index >= 15 is 0 Å². The zero-order chi connectivity index (χ0) is 55.5. The second-order valence-corrected chi connectivity index (χ2v) is 21.9. The fourth-order valence-electron chi connectivity index (χ4n) is 8.40. The lowest BCUT2D eigenvalue weighted by Gasteiger charge is -2.21. The lowest BCUT2D eigenvalue weighted by Crippen LogP contribution is -2.30. The SMILES string of the molecule is CC/C=C\C/C=C\C/C=C\C/C=C\CCCCCCC(=O)OC(COC(=O)CCCCCCCCCCC/C=C\CCCCCCCC)COP(=O)(O)OCC(CO)OC(=O)CCCCCCC/C=C\CCCCCC. The predicted molar refractivity (Wildman–Crippen MR) is 316 cm³/mol. The Bertz CT molecular complexity index is 1550. The molecule has 0 aromatic rings. The highest BCUT2D eigenvalue weighted by Crippen LogP contribution is 2.43. The fourth-order valence-corrected chi connectivity index (χ4v) is 9.18. The van der Waals surface area contributed by atoms with Gasteiger partial charge in [0.2, 0.25) is 0 Å². The summed E-state index contributed by atoms with van der Waals surface area (Å²) < 4.78 is 39.6. The molecule has 440 valence electrons. The first kappa shape index (κ1) is 72.9. The van der Waals surface area contributed by atoms with Crippen molar-refractivity contribution >= 4 is 25.7 Å². The minimum absolute atomic E-state index is 0.138. The number of aliphatic hydroxyl groups excluding tert-OH is 1. The van der Waals surface area contributed by atoms with E-state index in [1.165, 1.54) is 109 Å². The highest BCUT2D eigenvalue weighted by atomic mass is 31.2. The van der Waals surface area contributed by atoms with Crippen LogP contribution >= 0.6 is 7.82 Å². The zero-order valence-electron chi connectivity index (χ0n) is 48.7. The van der Waals surface area contributed by atoms with Crippen molar-refractivity contribution in [3.8, 4) is 0 Å². The van der Waals surface area contributed by atoms with Crippen molar-refractivity contribution in [3.05, 3.63) is 72.9 Å². The van der Waals surface area contributed by atoms with Gasteiger partial charge in [-0.05, 0) is 109 Å². The van der Waals surface area contributed by atoms with Crippen LogP contribution in [0.4, 0.5) is 0 Å². The number of carbonyl (C=O) groups is 3. The summed E-state index contributed by atoms with van der Waals surface area (Å²) in [5.74, 6) is -1.50. The Morgan fingerprint density at radius 2 is 0.684 bits per heavy atom. The number of rotatable bonds is 57. The van der Waals surface area contributed by atoms with E-state index in [1.54, 1.807) is 0 Å². The van der Waals surface area contributed by atoms with Crippen LogP contribution in [0.1, 0.15) is 278 Å². The molecule has 0 radical (unpaired) electrons. The van der Waals surface area contributed by atoms with Crippen LogP contribution in [0.2, 0.25) is 0 Å². The molecule has 0 aliphatic rings. The van der Waals surface area contributed by atoms with E-state index in [0.29, 0.717) is 19.3 Å². The first-order valence-electron chi connectivity index (χ1n) is 30.8. The van der Waals surface area contributed by atoms with E-state index in [1.807, 2.05) is 0 Å². The van der Waals surface area contributed by atoms with Gasteiger partial charge < -0.3 is 24.2 Å². The number of aliphatic hydroxyl groups is 1. The molecule has 12 heteroatoms. The van der Waals surface area contributed by atoms with Crippen molar-refractivity contribution < 1.29 is 52.2 Å². The van der Waals surface area contributed by atoms with Crippen LogP contribution < -0.4 is 0 Å². The van der Waals surface area contributed by atoms with Gasteiger partial charge >= 0.3 is 25.7 Å². The molecule has 0 aliphatic heterocycles. The maximum atomic E-state index is 12.9. The van der Waals surface area contributed by atoms with Crippen LogP contribution in [-0.2, 0) is 42.2 Å². The molecule has 0 amide bonds. The number of ether oxygens (including phenoxy) is 3. The summed E-state index contributed by atoms with van der Waals surface area (Å²) in [5.41, 5.74) is 0. The molecule has 76 heavy (non-hydrogen) atoms. The van der Waals surface area contributed by atoms with E-state index in [4.69, 9.17) is 23.3 Å². The summed E-state index contributed by atoms with van der Waals surface area (Å²) in [4.78, 5) is 48.6. The summed E-state index contributed by atoms with van der Waals surface area (Å²) in [6.07, 6.45) is 65.7. The van der Waals surface area contributed by atoms with Crippen molar-refractivity contribution in [3.63, 3.8) is 0 Å². The summed E-state index contributed by atoms with van der Waals surface area (Å²) in [7, 11) is -4.76. The molecule has 3 atom stereocenters. The smallest absolute Gasteiger partial charge is 0.462 e. The molecule has 0 bridgehead atoms. The Hall–Kier alpha value is -3.08. The van der Waals surface area contributed by atoms with Crippen molar-refractivity contribution in [1.82, 2.24) is 0 Å². The predicted octanol–water partition coefficient (Wildman–Crippen LogP) is 18.5. The van der Waals surface area contributed by atoms with Crippen LogP contribution in [0.25, 0.3) is 0 Å². The van der Waals surface area contributed by atoms with Crippen LogP contribution in [0, 0.1) is 0 Å².